The highest BCUT2D eigenvalue weighted by molar-refractivity contribution is 5.75. The SMILES string of the molecule is Cc1ccc(C)c(Nc2ncnc(N3CCN(C)CC3)c2[N+](=O)[O-])c1. The van der Waals surface area contributed by atoms with Gasteiger partial charge in [-0.25, -0.2) is 9.97 Å². The number of likely N-dealkylation sites (N-methyl/N-ethyl adjacent to an activating group) is 1. The van der Waals surface area contributed by atoms with Gasteiger partial charge in [-0.05, 0) is 38.1 Å². The zero-order chi connectivity index (χ0) is 18.0. The van der Waals surface area contributed by atoms with Crippen LogP contribution in [0.15, 0.2) is 24.5 Å². The average molecular weight is 342 g/mol. The van der Waals surface area contributed by atoms with E-state index in [9.17, 15) is 10.1 Å². The van der Waals surface area contributed by atoms with E-state index in [1.165, 1.54) is 6.33 Å². The second-order valence-electron chi connectivity index (χ2n) is 6.39. The van der Waals surface area contributed by atoms with Gasteiger partial charge in [0.1, 0.15) is 6.33 Å². The van der Waals surface area contributed by atoms with Crippen molar-refractivity contribution >= 4 is 23.0 Å². The van der Waals surface area contributed by atoms with E-state index in [2.05, 4.69) is 20.2 Å². The molecule has 1 N–H and O–H groups in total. The highest BCUT2D eigenvalue weighted by Gasteiger charge is 2.28. The van der Waals surface area contributed by atoms with E-state index in [0.717, 1.165) is 29.9 Å². The van der Waals surface area contributed by atoms with Crippen LogP contribution < -0.4 is 10.2 Å². The van der Waals surface area contributed by atoms with E-state index in [0.29, 0.717) is 18.9 Å². The highest BCUT2D eigenvalue weighted by Crippen LogP contribution is 2.34. The van der Waals surface area contributed by atoms with Gasteiger partial charge in [0.05, 0.1) is 4.92 Å². The van der Waals surface area contributed by atoms with Gasteiger partial charge in [-0.2, -0.15) is 0 Å². The fourth-order valence-electron chi connectivity index (χ4n) is 2.88. The Bertz CT molecular complexity index is 787. The summed E-state index contributed by atoms with van der Waals surface area (Å²) >= 11 is 0. The van der Waals surface area contributed by atoms with Gasteiger partial charge in [0.25, 0.3) is 0 Å². The molecule has 0 atom stereocenters. The molecule has 2 aromatic rings. The van der Waals surface area contributed by atoms with Crippen molar-refractivity contribution in [1.82, 2.24) is 14.9 Å². The first-order chi connectivity index (χ1) is 12.0. The van der Waals surface area contributed by atoms with Gasteiger partial charge in [-0.15, -0.1) is 0 Å². The highest BCUT2D eigenvalue weighted by atomic mass is 16.6. The zero-order valence-corrected chi connectivity index (χ0v) is 14.7. The van der Waals surface area contributed by atoms with Crippen molar-refractivity contribution in [2.24, 2.45) is 0 Å². The number of nitrogens with one attached hydrogen (secondary N) is 1. The second kappa shape index (κ2) is 7.02. The van der Waals surface area contributed by atoms with Gasteiger partial charge >= 0.3 is 5.69 Å². The van der Waals surface area contributed by atoms with E-state index in [-0.39, 0.29) is 11.5 Å². The molecular weight excluding hydrogens is 320 g/mol. The van der Waals surface area contributed by atoms with Crippen LogP contribution >= 0.6 is 0 Å². The number of piperazine rings is 1. The maximum Gasteiger partial charge on any atom is 0.353 e. The van der Waals surface area contributed by atoms with Gasteiger partial charge in [0, 0.05) is 31.9 Å². The molecule has 0 aliphatic carbocycles. The third-order valence-electron chi connectivity index (χ3n) is 4.43. The molecule has 132 valence electrons. The number of aromatic nitrogens is 2. The van der Waals surface area contributed by atoms with Crippen molar-refractivity contribution in [1.29, 1.82) is 0 Å². The van der Waals surface area contributed by atoms with Gasteiger partial charge in [-0.1, -0.05) is 12.1 Å². The van der Waals surface area contributed by atoms with Crippen molar-refractivity contribution < 1.29 is 4.92 Å². The fourth-order valence-corrected chi connectivity index (χ4v) is 2.88. The smallest absolute Gasteiger partial charge is 0.348 e. The van der Waals surface area contributed by atoms with Gasteiger partial charge in [-0.3, -0.25) is 10.1 Å². The minimum absolute atomic E-state index is 0.0760. The summed E-state index contributed by atoms with van der Waals surface area (Å²) in [6.45, 7) is 7.04. The number of nitro groups is 1. The van der Waals surface area contributed by atoms with Crippen LogP contribution in [0.5, 0.6) is 0 Å². The monoisotopic (exact) mass is 342 g/mol. The number of nitrogens with zero attached hydrogens (tertiary/aromatic N) is 5. The lowest BCUT2D eigenvalue weighted by atomic mass is 10.1. The lowest BCUT2D eigenvalue weighted by Crippen LogP contribution is -2.45. The first kappa shape index (κ1) is 17.1. The molecule has 0 unspecified atom stereocenters. The third kappa shape index (κ3) is 3.69. The summed E-state index contributed by atoms with van der Waals surface area (Å²) in [6.07, 6.45) is 1.38. The standard InChI is InChI=1S/C17H22N6O2/c1-12-4-5-13(2)14(10-12)20-16-15(23(24)25)17(19-11-18-16)22-8-6-21(3)7-9-22/h4-5,10-11H,6-9H2,1-3H3,(H,18,19,20). The largest absolute Gasteiger partial charge is 0.353 e. The molecule has 8 heteroatoms. The topological polar surface area (TPSA) is 87.4 Å². The summed E-state index contributed by atoms with van der Waals surface area (Å²) in [5, 5.41) is 14.9. The molecule has 1 aliphatic heterocycles. The van der Waals surface area contributed by atoms with Crippen molar-refractivity contribution in [2.45, 2.75) is 13.8 Å². The molecule has 0 saturated carbocycles. The van der Waals surface area contributed by atoms with Crippen LogP contribution in [-0.2, 0) is 0 Å². The zero-order valence-electron chi connectivity index (χ0n) is 14.7. The van der Waals surface area contributed by atoms with Crippen LogP contribution in [0.3, 0.4) is 0 Å². The fraction of sp³-hybridized carbons (Fsp3) is 0.412. The summed E-state index contributed by atoms with van der Waals surface area (Å²) in [6, 6.07) is 5.94. The van der Waals surface area contributed by atoms with Gasteiger partial charge in [0.15, 0.2) is 0 Å². The third-order valence-corrected chi connectivity index (χ3v) is 4.43. The van der Waals surface area contributed by atoms with Gasteiger partial charge < -0.3 is 15.1 Å². The molecule has 0 radical (unpaired) electrons. The molecule has 1 aliphatic rings. The first-order valence-corrected chi connectivity index (χ1v) is 8.23. The van der Waals surface area contributed by atoms with E-state index in [1.54, 1.807) is 0 Å². The van der Waals surface area contributed by atoms with E-state index >= 15 is 0 Å². The van der Waals surface area contributed by atoms with Crippen molar-refractivity contribution in [3.63, 3.8) is 0 Å². The Balaban J connectivity index is 1.98. The Morgan fingerprint density at radius 2 is 1.88 bits per heavy atom. The maximum atomic E-state index is 11.7. The van der Waals surface area contributed by atoms with Crippen LogP contribution in [0, 0.1) is 24.0 Å². The molecule has 1 fully saturated rings. The Kier molecular flexibility index (Phi) is 4.80. The first-order valence-electron chi connectivity index (χ1n) is 8.23. The summed E-state index contributed by atoms with van der Waals surface area (Å²) < 4.78 is 0. The number of aryl methyl sites for hydroxylation is 2. The Hall–Kier alpha value is -2.74. The summed E-state index contributed by atoms with van der Waals surface area (Å²) in [7, 11) is 2.04. The Morgan fingerprint density at radius 3 is 2.56 bits per heavy atom. The molecule has 0 spiro atoms. The van der Waals surface area contributed by atoms with Crippen LogP contribution in [-0.4, -0.2) is 53.0 Å². The van der Waals surface area contributed by atoms with Crippen molar-refractivity contribution in [3.05, 3.63) is 45.8 Å². The molecule has 1 saturated heterocycles. The van der Waals surface area contributed by atoms with Crippen LogP contribution in [0.1, 0.15) is 11.1 Å². The minimum atomic E-state index is -0.402. The maximum absolute atomic E-state index is 11.7. The average Bonchev–Trinajstić information content (AvgIpc) is 2.58. The summed E-state index contributed by atoms with van der Waals surface area (Å²) in [5.41, 5.74) is 2.81. The minimum Gasteiger partial charge on any atom is -0.348 e. The van der Waals surface area contributed by atoms with Crippen LogP contribution in [0.4, 0.5) is 23.0 Å². The molecule has 3 rings (SSSR count). The normalized spacial score (nSPS) is 15.2. The van der Waals surface area contributed by atoms with Crippen LogP contribution in [0.25, 0.3) is 0 Å². The Labute approximate surface area is 146 Å². The predicted octanol–water partition coefficient (Wildman–Crippen LogP) is 2.50. The number of hydrogen-bond acceptors (Lipinski definition) is 7. The van der Waals surface area contributed by atoms with Crippen LogP contribution in [0.2, 0.25) is 0 Å². The summed E-state index contributed by atoms with van der Waals surface area (Å²) in [4.78, 5) is 23.8. The quantitative estimate of drug-likeness (QED) is 0.674. The lowest BCUT2D eigenvalue weighted by Gasteiger charge is -2.32. The Morgan fingerprint density at radius 1 is 1.16 bits per heavy atom. The predicted molar refractivity (Wildman–Crippen MR) is 97.6 cm³/mol. The molecular formula is C17H22N6O2. The molecule has 1 aromatic carbocycles. The van der Waals surface area contributed by atoms with E-state index in [1.807, 2.05) is 44.0 Å². The lowest BCUT2D eigenvalue weighted by molar-refractivity contribution is -0.383. The molecule has 2 heterocycles. The molecule has 0 bridgehead atoms. The molecule has 1 aromatic heterocycles. The van der Waals surface area contributed by atoms with E-state index in [4.69, 9.17) is 0 Å². The van der Waals surface area contributed by atoms with E-state index < -0.39 is 4.92 Å². The molecule has 0 amide bonds. The second-order valence-corrected chi connectivity index (χ2v) is 6.39. The van der Waals surface area contributed by atoms with Gasteiger partial charge in [0.2, 0.25) is 11.6 Å². The van der Waals surface area contributed by atoms with Crippen molar-refractivity contribution in [2.75, 3.05) is 43.4 Å². The number of hydrogen-bond donors (Lipinski definition) is 1. The number of rotatable bonds is 4. The number of benzene rings is 1. The summed E-state index contributed by atoms with van der Waals surface area (Å²) in [5.74, 6) is 0.600. The molecule has 8 nitrogen and oxygen atoms in total. The number of anilines is 3. The molecule has 25 heavy (non-hydrogen) atoms. The van der Waals surface area contributed by atoms with Crippen molar-refractivity contribution in [3.8, 4) is 0 Å².